The molecule has 104 valence electrons. The molecule has 2 rings (SSSR count). The monoisotopic (exact) mass is 274 g/mol. The first-order valence-electron chi connectivity index (χ1n) is 6.03. The smallest absolute Gasteiger partial charge is 0.331 e. The molecule has 7 heteroatoms. The van der Waals surface area contributed by atoms with E-state index in [-0.39, 0.29) is 17.4 Å². The maximum atomic E-state index is 10.9. The molecule has 20 heavy (non-hydrogen) atoms. The molecular weight excluding hydrogens is 260 g/mol. The molecule has 0 atom stereocenters. The maximum absolute atomic E-state index is 10.9. The predicted octanol–water partition coefficient (Wildman–Crippen LogP) is 2.63. The Bertz CT molecular complexity index is 614. The standard InChI is InChI=1S/C13H14N4O3/c1-2-9-3-5-10(6-4-9)20-13-11(17(18)19)7-8-12(15-13)16-14/h3-8H,2,14H2,1H3,(H,15,16). The van der Waals surface area contributed by atoms with Crippen LogP contribution in [0.1, 0.15) is 12.5 Å². The third kappa shape index (κ3) is 3.01. The zero-order chi connectivity index (χ0) is 14.5. The van der Waals surface area contributed by atoms with Gasteiger partial charge in [-0.25, -0.2) is 5.84 Å². The van der Waals surface area contributed by atoms with Crippen LogP contribution in [-0.2, 0) is 6.42 Å². The van der Waals surface area contributed by atoms with Crippen molar-refractivity contribution in [3.05, 3.63) is 52.1 Å². The fourth-order valence-corrected chi connectivity index (χ4v) is 1.63. The molecule has 2 aromatic rings. The Kier molecular flexibility index (Phi) is 4.11. The third-order valence-corrected chi connectivity index (χ3v) is 2.73. The summed E-state index contributed by atoms with van der Waals surface area (Å²) in [5.74, 6) is 5.90. The van der Waals surface area contributed by atoms with Crippen molar-refractivity contribution in [2.24, 2.45) is 5.84 Å². The largest absolute Gasteiger partial charge is 0.434 e. The van der Waals surface area contributed by atoms with Gasteiger partial charge in [0.1, 0.15) is 11.6 Å². The van der Waals surface area contributed by atoms with E-state index in [9.17, 15) is 10.1 Å². The number of ether oxygens (including phenoxy) is 1. The summed E-state index contributed by atoms with van der Waals surface area (Å²) in [6.45, 7) is 2.04. The number of rotatable bonds is 5. The molecule has 0 fully saturated rings. The maximum Gasteiger partial charge on any atom is 0.331 e. The SMILES string of the molecule is CCc1ccc(Oc2nc(NN)ccc2[N+](=O)[O-])cc1. The summed E-state index contributed by atoms with van der Waals surface area (Å²) in [6.07, 6.45) is 0.908. The Morgan fingerprint density at radius 2 is 2.00 bits per heavy atom. The summed E-state index contributed by atoms with van der Waals surface area (Å²) in [4.78, 5) is 14.3. The highest BCUT2D eigenvalue weighted by atomic mass is 16.6. The van der Waals surface area contributed by atoms with Gasteiger partial charge in [0.2, 0.25) is 0 Å². The van der Waals surface area contributed by atoms with Crippen molar-refractivity contribution in [2.75, 3.05) is 5.43 Å². The van der Waals surface area contributed by atoms with Crippen molar-refractivity contribution in [2.45, 2.75) is 13.3 Å². The van der Waals surface area contributed by atoms with Gasteiger partial charge in [0.25, 0.3) is 0 Å². The number of anilines is 1. The van der Waals surface area contributed by atoms with Crippen molar-refractivity contribution >= 4 is 11.5 Å². The van der Waals surface area contributed by atoms with Crippen LogP contribution in [0.25, 0.3) is 0 Å². The van der Waals surface area contributed by atoms with Crippen LogP contribution >= 0.6 is 0 Å². The summed E-state index contributed by atoms with van der Waals surface area (Å²) in [6, 6.07) is 9.97. The van der Waals surface area contributed by atoms with Crippen molar-refractivity contribution in [3.63, 3.8) is 0 Å². The first kappa shape index (κ1) is 13.8. The van der Waals surface area contributed by atoms with E-state index in [1.807, 2.05) is 19.1 Å². The van der Waals surface area contributed by atoms with Crippen LogP contribution in [0.5, 0.6) is 11.6 Å². The number of nitro groups is 1. The number of nitrogens with one attached hydrogen (secondary N) is 1. The van der Waals surface area contributed by atoms with Gasteiger partial charge in [-0.15, -0.1) is 0 Å². The highest BCUT2D eigenvalue weighted by Crippen LogP contribution is 2.30. The van der Waals surface area contributed by atoms with Gasteiger partial charge in [-0.2, -0.15) is 4.98 Å². The summed E-state index contributed by atoms with van der Waals surface area (Å²) < 4.78 is 5.46. The molecule has 0 amide bonds. The van der Waals surface area contributed by atoms with Gasteiger partial charge >= 0.3 is 11.6 Å². The molecule has 0 spiro atoms. The summed E-state index contributed by atoms with van der Waals surface area (Å²) in [7, 11) is 0. The van der Waals surface area contributed by atoms with Crippen LogP contribution in [0.15, 0.2) is 36.4 Å². The van der Waals surface area contributed by atoms with Crippen molar-refractivity contribution in [3.8, 4) is 11.6 Å². The first-order chi connectivity index (χ1) is 9.63. The molecule has 0 bridgehead atoms. The zero-order valence-corrected chi connectivity index (χ0v) is 10.9. The number of pyridine rings is 1. The number of benzene rings is 1. The molecule has 0 radical (unpaired) electrons. The number of nitrogens with two attached hydrogens (primary N) is 1. The molecule has 0 aliphatic heterocycles. The van der Waals surface area contributed by atoms with Crippen LogP contribution in [-0.4, -0.2) is 9.91 Å². The predicted molar refractivity (Wildman–Crippen MR) is 74.6 cm³/mol. The minimum absolute atomic E-state index is 0.102. The first-order valence-corrected chi connectivity index (χ1v) is 6.03. The van der Waals surface area contributed by atoms with E-state index < -0.39 is 4.92 Å². The van der Waals surface area contributed by atoms with Gasteiger partial charge in [0, 0.05) is 6.07 Å². The van der Waals surface area contributed by atoms with E-state index in [0.29, 0.717) is 5.75 Å². The van der Waals surface area contributed by atoms with Gasteiger partial charge in [0.15, 0.2) is 0 Å². The van der Waals surface area contributed by atoms with Crippen LogP contribution in [0.4, 0.5) is 11.5 Å². The average molecular weight is 274 g/mol. The molecular formula is C13H14N4O3. The lowest BCUT2D eigenvalue weighted by molar-refractivity contribution is -0.386. The van der Waals surface area contributed by atoms with Gasteiger partial charge in [0.05, 0.1) is 4.92 Å². The molecule has 3 N–H and O–H groups in total. The van der Waals surface area contributed by atoms with Crippen LogP contribution in [0.3, 0.4) is 0 Å². The Balaban J connectivity index is 2.32. The van der Waals surface area contributed by atoms with Crippen molar-refractivity contribution in [1.29, 1.82) is 0 Å². The lowest BCUT2D eigenvalue weighted by Gasteiger charge is -2.07. The minimum atomic E-state index is -0.553. The lowest BCUT2D eigenvalue weighted by atomic mass is 10.2. The number of aromatic nitrogens is 1. The van der Waals surface area contributed by atoms with Gasteiger partial charge in [-0.05, 0) is 30.2 Å². The summed E-state index contributed by atoms with van der Waals surface area (Å²) >= 11 is 0. The third-order valence-electron chi connectivity index (χ3n) is 2.73. The zero-order valence-electron chi connectivity index (χ0n) is 10.9. The molecule has 1 aromatic carbocycles. The van der Waals surface area contributed by atoms with Gasteiger partial charge < -0.3 is 10.2 Å². The van der Waals surface area contributed by atoms with E-state index in [2.05, 4.69) is 10.4 Å². The number of hydrogen-bond acceptors (Lipinski definition) is 6. The minimum Gasteiger partial charge on any atom is -0.434 e. The second-order valence-electron chi connectivity index (χ2n) is 4.02. The number of hydrazine groups is 1. The normalized spacial score (nSPS) is 10.1. The number of nitrogens with zero attached hydrogens (tertiary/aromatic N) is 2. The average Bonchev–Trinajstić information content (AvgIpc) is 2.47. The van der Waals surface area contributed by atoms with E-state index in [1.165, 1.54) is 12.1 Å². The molecule has 1 aromatic heterocycles. The topological polar surface area (TPSA) is 103 Å². The van der Waals surface area contributed by atoms with E-state index in [1.54, 1.807) is 12.1 Å². The molecule has 0 aliphatic rings. The van der Waals surface area contributed by atoms with Crippen LogP contribution < -0.4 is 16.0 Å². The molecule has 0 saturated carbocycles. The molecule has 0 saturated heterocycles. The Hall–Kier alpha value is -2.67. The highest BCUT2D eigenvalue weighted by molar-refractivity contribution is 5.50. The van der Waals surface area contributed by atoms with Crippen LogP contribution in [0, 0.1) is 10.1 Å². The van der Waals surface area contributed by atoms with E-state index in [0.717, 1.165) is 12.0 Å². The lowest BCUT2D eigenvalue weighted by Crippen LogP contribution is -2.09. The second-order valence-corrected chi connectivity index (χ2v) is 4.02. The number of aryl methyl sites for hydroxylation is 1. The van der Waals surface area contributed by atoms with Crippen molar-refractivity contribution in [1.82, 2.24) is 4.98 Å². The Labute approximate surface area is 115 Å². The van der Waals surface area contributed by atoms with E-state index >= 15 is 0 Å². The fraction of sp³-hybridized carbons (Fsp3) is 0.154. The Morgan fingerprint density at radius 3 is 2.55 bits per heavy atom. The quantitative estimate of drug-likeness (QED) is 0.493. The van der Waals surface area contributed by atoms with Gasteiger partial charge in [-0.3, -0.25) is 10.1 Å². The summed E-state index contributed by atoms with van der Waals surface area (Å²) in [5.41, 5.74) is 3.26. The van der Waals surface area contributed by atoms with E-state index in [4.69, 9.17) is 10.6 Å². The number of hydrogen-bond donors (Lipinski definition) is 2. The number of nitrogen functional groups attached to an aromatic ring is 1. The highest BCUT2D eigenvalue weighted by Gasteiger charge is 2.18. The fourth-order valence-electron chi connectivity index (χ4n) is 1.63. The summed E-state index contributed by atoms with van der Waals surface area (Å²) in [5, 5.41) is 10.9. The van der Waals surface area contributed by atoms with Crippen LogP contribution in [0.2, 0.25) is 0 Å². The molecule has 0 aliphatic carbocycles. The van der Waals surface area contributed by atoms with Gasteiger partial charge in [-0.1, -0.05) is 19.1 Å². The second kappa shape index (κ2) is 5.98. The van der Waals surface area contributed by atoms with Crippen molar-refractivity contribution < 1.29 is 9.66 Å². The molecule has 0 unspecified atom stereocenters. The molecule has 1 heterocycles. The molecule has 7 nitrogen and oxygen atoms in total. The Morgan fingerprint density at radius 1 is 1.30 bits per heavy atom.